The number of hydrogen-bond acceptors (Lipinski definition) is 5. The van der Waals surface area contributed by atoms with Crippen LogP contribution in [0.5, 0.6) is 5.75 Å². The SMILES string of the molecule is CCOc1c(C)cc(S(=O)(=O)NCCN2CCN(c3ccccc3F)CC2)cc1C. The minimum atomic E-state index is -3.59. The van der Waals surface area contributed by atoms with Gasteiger partial charge in [0.2, 0.25) is 10.0 Å². The van der Waals surface area contributed by atoms with E-state index in [1.54, 1.807) is 24.3 Å². The fourth-order valence-electron chi connectivity index (χ4n) is 3.78. The molecule has 1 fully saturated rings. The molecule has 2 aromatic carbocycles. The number of hydrogen-bond donors (Lipinski definition) is 1. The zero-order valence-corrected chi connectivity index (χ0v) is 18.6. The molecule has 1 saturated heterocycles. The van der Waals surface area contributed by atoms with Gasteiger partial charge in [-0.05, 0) is 56.2 Å². The molecule has 0 saturated carbocycles. The van der Waals surface area contributed by atoms with Crippen molar-refractivity contribution in [1.82, 2.24) is 9.62 Å². The van der Waals surface area contributed by atoms with E-state index in [9.17, 15) is 12.8 Å². The van der Waals surface area contributed by atoms with Crippen molar-refractivity contribution in [1.29, 1.82) is 0 Å². The second-order valence-corrected chi connectivity index (χ2v) is 9.26. The molecule has 0 radical (unpaired) electrons. The maximum atomic E-state index is 14.0. The van der Waals surface area contributed by atoms with Crippen LogP contribution < -0.4 is 14.4 Å². The molecule has 0 unspecified atom stereocenters. The third-order valence-electron chi connectivity index (χ3n) is 5.32. The third kappa shape index (κ3) is 5.30. The van der Waals surface area contributed by atoms with Crippen molar-refractivity contribution in [2.45, 2.75) is 25.7 Å². The number of benzene rings is 2. The van der Waals surface area contributed by atoms with Crippen molar-refractivity contribution in [3.8, 4) is 5.75 Å². The molecule has 0 aromatic heterocycles. The van der Waals surface area contributed by atoms with Crippen molar-refractivity contribution in [2.24, 2.45) is 0 Å². The number of ether oxygens (including phenoxy) is 1. The first-order valence-corrected chi connectivity index (χ1v) is 11.8. The summed E-state index contributed by atoms with van der Waals surface area (Å²) in [5.41, 5.74) is 2.24. The minimum Gasteiger partial charge on any atom is -0.493 e. The maximum absolute atomic E-state index is 14.0. The first-order chi connectivity index (χ1) is 14.3. The molecule has 1 heterocycles. The Kier molecular flexibility index (Phi) is 7.33. The van der Waals surface area contributed by atoms with Crippen molar-refractivity contribution >= 4 is 15.7 Å². The summed E-state index contributed by atoms with van der Waals surface area (Å²) in [5.74, 6) is 0.531. The molecule has 1 aliphatic rings. The number of nitrogens with one attached hydrogen (secondary N) is 1. The fourth-order valence-corrected chi connectivity index (χ4v) is 4.97. The quantitative estimate of drug-likeness (QED) is 0.691. The van der Waals surface area contributed by atoms with Gasteiger partial charge in [-0.1, -0.05) is 12.1 Å². The summed E-state index contributed by atoms with van der Waals surface area (Å²) in [6, 6.07) is 10.1. The van der Waals surface area contributed by atoms with Gasteiger partial charge in [0.15, 0.2) is 0 Å². The van der Waals surface area contributed by atoms with E-state index in [4.69, 9.17) is 4.74 Å². The minimum absolute atomic E-state index is 0.209. The normalized spacial score (nSPS) is 15.4. The van der Waals surface area contributed by atoms with Crippen molar-refractivity contribution in [3.63, 3.8) is 0 Å². The number of aryl methyl sites for hydroxylation is 2. The van der Waals surface area contributed by atoms with E-state index in [-0.39, 0.29) is 10.7 Å². The second-order valence-electron chi connectivity index (χ2n) is 7.50. The topological polar surface area (TPSA) is 61.9 Å². The average molecular weight is 436 g/mol. The number of piperazine rings is 1. The van der Waals surface area contributed by atoms with Gasteiger partial charge < -0.3 is 9.64 Å². The fraction of sp³-hybridized carbons (Fsp3) is 0.455. The summed E-state index contributed by atoms with van der Waals surface area (Å²) < 4.78 is 47.6. The summed E-state index contributed by atoms with van der Waals surface area (Å²) >= 11 is 0. The summed E-state index contributed by atoms with van der Waals surface area (Å²) in [6.07, 6.45) is 0. The average Bonchev–Trinajstić information content (AvgIpc) is 2.71. The molecule has 6 nitrogen and oxygen atoms in total. The highest BCUT2D eigenvalue weighted by atomic mass is 32.2. The van der Waals surface area contributed by atoms with Gasteiger partial charge in [-0.2, -0.15) is 0 Å². The van der Waals surface area contributed by atoms with E-state index in [1.165, 1.54) is 6.07 Å². The molecule has 0 amide bonds. The highest BCUT2D eigenvalue weighted by molar-refractivity contribution is 7.89. The van der Waals surface area contributed by atoms with Gasteiger partial charge in [-0.25, -0.2) is 17.5 Å². The Bertz CT molecular complexity index is 950. The van der Waals surface area contributed by atoms with Crippen LogP contribution in [0.2, 0.25) is 0 Å². The summed E-state index contributed by atoms with van der Waals surface area (Å²) in [5, 5.41) is 0. The lowest BCUT2D eigenvalue weighted by molar-refractivity contribution is 0.261. The molecule has 8 heteroatoms. The van der Waals surface area contributed by atoms with Gasteiger partial charge in [0.05, 0.1) is 17.2 Å². The molecule has 0 bridgehead atoms. The molecule has 0 atom stereocenters. The van der Waals surface area contributed by atoms with E-state index in [0.29, 0.717) is 38.5 Å². The lowest BCUT2D eigenvalue weighted by Crippen LogP contribution is -2.48. The smallest absolute Gasteiger partial charge is 0.240 e. The zero-order valence-electron chi connectivity index (χ0n) is 17.8. The van der Waals surface area contributed by atoms with Crippen LogP contribution in [0.15, 0.2) is 41.3 Å². The second kappa shape index (κ2) is 9.76. The Morgan fingerprint density at radius 2 is 1.70 bits per heavy atom. The first kappa shape index (κ1) is 22.5. The molecule has 0 aliphatic carbocycles. The lowest BCUT2D eigenvalue weighted by Gasteiger charge is -2.36. The number of nitrogens with zero attached hydrogens (tertiary/aromatic N) is 2. The number of rotatable bonds is 8. The predicted molar refractivity (Wildman–Crippen MR) is 117 cm³/mol. The van der Waals surface area contributed by atoms with Crippen molar-refractivity contribution < 1.29 is 17.5 Å². The van der Waals surface area contributed by atoms with Crippen LogP contribution in [-0.2, 0) is 10.0 Å². The molecule has 1 aliphatic heterocycles. The Labute approximate surface area is 178 Å². The van der Waals surface area contributed by atoms with Crippen LogP contribution in [0.3, 0.4) is 0 Å². The van der Waals surface area contributed by atoms with Crippen LogP contribution in [0.25, 0.3) is 0 Å². The van der Waals surface area contributed by atoms with Gasteiger partial charge in [0.1, 0.15) is 11.6 Å². The molecule has 30 heavy (non-hydrogen) atoms. The van der Waals surface area contributed by atoms with E-state index < -0.39 is 10.0 Å². The summed E-state index contributed by atoms with van der Waals surface area (Å²) in [7, 11) is -3.59. The molecule has 2 aromatic rings. The Morgan fingerprint density at radius 3 is 2.30 bits per heavy atom. The van der Waals surface area contributed by atoms with E-state index in [2.05, 4.69) is 9.62 Å². The van der Waals surface area contributed by atoms with Crippen LogP contribution in [0.4, 0.5) is 10.1 Å². The third-order valence-corrected chi connectivity index (χ3v) is 6.76. The summed E-state index contributed by atoms with van der Waals surface area (Å²) in [4.78, 5) is 4.47. The highest BCUT2D eigenvalue weighted by Crippen LogP contribution is 2.27. The van der Waals surface area contributed by atoms with Crippen LogP contribution in [0, 0.1) is 19.7 Å². The Hall–Kier alpha value is -2.16. The molecule has 1 N–H and O–H groups in total. The standard InChI is InChI=1S/C22H30FN3O3S/c1-4-29-22-17(2)15-19(16-18(22)3)30(27,28)24-9-10-25-11-13-26(14-12-25)21-8-6-5-7-20(21)23/h5-8,15-16,24H,4,9-14H2,1-3H3. The van der Waals surface area contributed by atoms with Gasteiger partial charge in [-0.3, -0.25) is 4.90 Å². The van der Waals surface area contributed by atoms with Crippen LogP contribution >= 0.6 is 0 Å². The highest BCUT2D eigenvalue weighted by Gasteiger charge is 2.21. The van der Waals surface area contributed by atoms with E-state index >= 15 is 0 Å². The van der Waals surface area contributed by atoms with Gasteiger partial charge in [-0.15, -0.1) is 0 Å². The summed E-state index contributed by atoms with van der Waals surface area (Å²) in [6.45, 7) is 10.0. The van der Waals surface area contributed by atoms with E-state index in [0.717, 1.165) is 30.0 Å². The molecule has 0 spiro atoms. The Balaban J connectivity index is 1.52. The monoisotopic (exact) mass is 435 g/mol. The van der Waals surface area contributed by atoms with Gasteiger partial charge in [0.25, 0.3) is 0 Å². The number of anilines is 1. The zero-order chi connectivity index (χ0) is 21.7. The van der Waals surface area contributed by atoms with Crippen molar-refractivity contribution in [3.05, 3.63) is 53.3 Å². The number of para-hydroxylation sites is 1. The number of halogens is 1. The van der Waals surface area contributed by atoms with E-state index in [1.807, 2.05) is 31.7 Å². The van der Waals surface area contributed by atoms with Crippen molar-refractivity contribution in [2.75, 3.05) is 50.8 Å². The molecule has 164 valence electrons. The largest absolute Gasteiger partial charge is 0.493 e. The Morgan fingerprint density at radius 1 is 1.07 bits per heavy atom. The predicted octanol–water partition coefficient (Wildman–Crippen LogP) is 2.94. The first-order valence-electron chi connectivity index (χ1n) is 10.3. The number of sulfonamides is 1. The lowest BCUT2D eigenvalue weighted by atomic mass is 10.1. The molecule has 3 rings (SSSR count). The van der Waals surface area contributed by atoms with Crippen LogP contribution in [-0.4, -0.2) is 59.2 Å². The molecular weight excluding hydrogens is 405 g/mol. The van der Waals surface area contributed by atoms with Gasteiger partial charge in [0, 0.05) is 39.3 Å². The maximum Gasteiger partial charge on any atom is 0.240 e. The molecular formula is C22H30FN3O3S. The van der Waals surface area contributed by atoms with Crippen LogP contribution in [0.1, 0.15) is 18.1 Å². The van der Waals surface area contributed by atoms with Gasteiger partial charge >= 0.3 is 0 Å².